The fraction of sp³-hybridized carbons (Fsp3) is 0.750. The molecule has 12 heavy (non-hydrogen) atoms. The first-order chi connectivity index (χ1) is 5.74. The molecule has 0 aliphatic carbocycles. The van der Waals surface area contributed by atoms with Crippen LogP contribution in [0.3, 0.4) is 0 Å². The Labute approximate surface area is 73.1 Å². The first-order valence-electron chi connectivity index (χ1n) is 4.09. The van der Waals surface area contributed by atoms with Gasteiger partial charge in [-0.05, 0) is 13.3 Å². The first-order valence-corrected chi connectivity index (χ1v) is 4.09. The molecule has 0 radical (unpaired) electrons. The van der Waals surface area contributed by atoms with Gasteiger partial charge in [-0.1, -0.05) is 0 Å². The topological polar surface area (TPSA) is 40.6 Å². The summed E-state index contributed by atoms with van der Waals surface area (Å²) in [7, 11) is 1.73. The van der Waals surface area contributed by atoms with Gasteiger partial charge in [0.05, 0.1) is 0 Å². The molecule has 0 N–H and O–H groups in total. The van der Waals surface area contributed by atoms with Crippen molar-refractivity contribution in [3.05, 3.63) is 0 Å². The van der Waals surface area contributed by atoms with E-state index < -0.39 is 0 Å². The molecule has 0 aromatic rings. The number of amides is 2. The molecular formula is C8H16N2O2. The van der Waals surface area contributed by atoms with Crippen molar-refractivity contribution >= 4 is 12.8 Å². The fourth-order valence-corrected chi connectivity index (χ4v) is 0.861. The smallest absolute Gasteiger partial charge is 0.209 e. The lowest BCUT2D eigenvalue weighted by atomic mass is 10.4. The minimum atomic E-state index is 0.702. The zero-order chi connectivity index (χ0) is 9.40. The van der Waals surface area contributed by atoms with E-state index in [0.29, 0.717) is 6.54 Å². The zero-order valence-corrected chi connectivity index (χ0v) is 7.69. The summed E-state index contributed by atoms with van der Waals surface area (Å²) in [6.07, 6.45) is 2.46. The van der Waals surface area contributed by atoms with E-state index >= 15 is 0 Å². The molecule has 0 aliphatic rings. The zero-order valence-electron chi connectivity index (χ0n) is 7.69. The summed E-state index contributed by atoms with van der Waals surface area (Å²) in [6.45, 7) is 4.08. The van der Waals surface area contributed by atoms with Gasteiger partial charge in [0, 0.05) is 26.7 Å². The minimum Gasteiger partial charge on any atom is -0.348 e. The molecule has 0 saturated carbocycles. The van der Waals surface area contributed by atoms with Gasteiger partial charge in [-0.15, -0.1) is 0 Å². The normalized spacial score (nSPS) is 9.17. The maximum atomic E-state index is 10.3. The molecule has 70 valence electrons. The molecule has 0 aromatic heterocycles. The third-order valence-corrected chi connectivity index (χ3v) is 1.69. The van der Waals surface area contributed by atoms with Crippen molar-refractivity contribution in [2.24, 2.45) is 0 Å². The average molecular weight is 172 g/mol. The molecule has 0 rings (SSSR count). The lowest BCUT2D eigenvalue weighted by Crippen LogP contribution is -2.26. The molecule has 0 aliphatic heterocycles. The van der Waals surface area contributed by atoms with Crippen molar-refractivity contribution in [3.8, 4) is 0 Å². The Hall–Kier alpha value is -1.06. The summed E-state index contributed by atoms with van der Waals surface area (Å²) in [5, 5.41) is 0. The van der Waals surface area contributed by atoms with Gasteiger partial charge >= 0.3 is 0 Å². The number of hydrogen-bond acceptors (Lipinski definition) is 2. The summed E-state index contributed by atoms with van der Waals surface area (Å²) >= 11 is 0. The Morgan fingerprint density at radius 2 is 1.83 bits per heavy atom. The molecule has 0 unspecified atom stereocenters. The van der Waals surface area contributed by atoms with Gasteiger partial charge in [-0.3, -0.25) is 9.59 Å². The molecule has 0 heterocycles. The van der Waals surface area contributed by atoms with E-state index in [4.69, 9.17) is 0 Å². The molecule has 4 nitrogen and oxygen atoms in total. The van der Waals surface area contributed by atoms with Crippen LogP contribution in [0, 0.1) is 0 Å². The molecular weight excluding hydrogens is 156 g/mol. The van der Waals surface area contributed by atoms with Crippen LogP contribution in [0.15, 0.2) is 0 Å². The van der Waals surface area contributed by atoms with Crippen LogP contribution >= 0.6 is 0 Å². The van der Waals surface area contributed by atoms with Crippen LogP contribution in [-0.4, -0.2) is 49.3 Å². The predicted octanol–water partition coefficient (Wildman–Crippen LogP) is -0.0570. The highest BCUT2D eigenvalue weighted by Crippen LogP contribution is 1.88. The lowest BCUT2D eigenvalue weighted by Gasteiger charge is -2.16. The van der Waals surface area contributed by atoms with E-state index in [2.05, 4.69) is 0 Å². The van der Waals surface area contributed by atoms with E-state index in [0.717, 1.165) is 32.3 Å². The van der Waals surface area contributed by atoms with Gasteiger partial charge in [-0.25, -0.2) is 0 Å². The number of carbonyl (C=O) groups excluding carboxylic acids is 2. The Bertz CT molecular complexity index is 139. The quantitative estimate of drug-likeness (QED) is 0.505. The molecule has 0 bridgehead atoms. The summed E-state index contributed by atoms with van der Waals surface area (Å²) < 4.78 is 0. The van der Waals surface area contributed by atoms with E-state index in [9.17, 15) is 9.59 Å². The number of hydrogen-bond donors (Lipinski definition) is 0. The Morgan fingerprint density at radius 3 is 2.25 bits per heavy atom. The highest BCUT2D eigenvalue weighted by atomic mass is 16.1. The summed E-state index contributed by atoms with van der Waals surface area (Å²) in [4.78, 5) is 23.7. The minimum absolute atomic E-state index is 0.702. The van der Waals surface area contributed by atoms with Crippen molar-refractivity contribution in [2.45, 2.75) is 13.3 Å². The van der Waals surface area contributed by atoms with Crippen molar-refractivity contribution in [2.75, 3.05) is 26.7 Å². The Kier molecular flexibility index (Phi) is 6.05. The van der Waals surface area contributed by atoms with E-state index in [1.165, 1.54) is 0 Å². The summed E-state index contributed by atoms with van der Waals surface area (Å²) in [6, 6.07) is 0. The van der Waals surface area contributed by atoms with Crippen LogP contribution in [0.25, 0.3) is 0 Å². The predicted molar refractivity (Wildman–Crippen MR) is 46.6 cm³/mol. The second kappa shape index (κ2) is 6.64. The van der Waals surface area contributed by atoms with E-state index in [-0.39, 0.29) is 0 Å². The van der Waals surface area contributed by atoms with Crippen molar-refractivity contribution in [1.82, 2.24) is 9.80 Å². The van der Waals surface area contributed by atoms with Crippen LogP contribution in [0.1, 0.15) is 13.3 Å². The second-order valence-electron chi connectivity index (χ2n) is 2.67. The van der Waals surface area contributed by atoms with Gasteiger partial charge in [0.25, 0.3) is 0 Å². The third kappa shape index (κ3) is 4.71. The van der Waals surface area contributed by atoms with Crippen LogP contribution in [0.4, 0.5) is 0 Å². The van der Waals surface area contributed by atoms with Gasteiger partial charge < -0.3 is 9.80 Å². The number of nitrogens with zero attached hydrogens (tertiary/aromatic N) is 2. The summed E-state index contributed by atoms with van der Waals surface area (Å²) in [5.74, 6) is 0. The molecule has 0 saturated heterocycles. The lowest BCUT2D eigenvalue weighted by molar-refractivity contribution is -0.118. The van der Waals surface area contributed by atoms with Crippen LogP contribution in [0.5, 0.6) is 0 Å². The van der Waals surface area contributed by atoms with Gasteiger partial charge in [-0.2, -0.15) is 0 Å². The van der Waals surface area contributed by atoms with Crippen LogP contribution < -0.4 is 0 Å². The average Bonchev–Trinajstić information content (AvgIpc) is 2.12. The summed E-state index contributed by atoms with van der Waals surface area (Å²) in [5.41, 5.74) is 0. The maximum Gasteiger partial charge on any atom is 0.209 e. The van der Waals surface area contributed by atoms with Crippen LogP contribution in [0.2, 0.25) is 0 Å². The van der Waals surface area contributed by atoms with Crippen molar-refractivity contribution < 1.29 is 9.59 Å². The first kappa shape index (κ1) is 10.9. The molecule has 0 fully saturated rings. The third-order valence-electron chi connectivity index (χ3n) is 1.69. The SMILES string of the molecule is CCN(C=O)CCCN(C)C=O. The Morgan fingerprint density at radius 1 is 1.17 bits per heavy atom. The monoisotopic (exact) mass is 172 g/mol. The van der Waals surface area contributed by atoms with Gasteiger partial charge in [0.1, 0.15) is 0 Å². The highest BCUT2D eigenvalue weighted by molar-refractivity contribution is 5.47. The van der Waals surface area contributed by atoms with Crippen molar-refractivity contribution in [3.63, 3.8) is 0 Å². The molecule has 0 aromatic carbocycles. The molecule has 4 heteroatoms. The second-order valence-corrected chi connectivity index (χ2v) is 2.67. The van der Waals surface area contributed by atoms with E-state index in [1.54, 1.807) is 16.8 Å². The Balaban J connectivity index is 3.40. The highest BCUT2D eigenvalue weighted by Gasteiger charge is 1.98. The fourth-order valence-electron chi connectivity index (χ4n) is 0.861. The number of carbonyl (C=O) groups is 2. The van der Waals surface area contributed by atoms with Gasteiger partial charge in [0.2, 0.25) is 12.8 Å². The molecule has 0 atom stereocenters. The molecule has 0 spiro atoms. The van der Waals surface area contributed by atoms with Crippen LogP contribution in [-0.2, 0) is 9.59 Å². The van der Waals surface area contributed by atoms with E-state index in [1.807, 2.05) is 6.92 Å². The standard InChI is InChI=1S/C8H16N2O2/c1-3-10(8-12)6-4-5-9(2)7-11/h7-8H,3-6H2,1-2H3. The number of rotatable bonds is 7. The van der Waals surface area contributed by atoms with Gasteiger partial charge in [0.15, 0.2) is 0 Å². The largest absolute Gasteiger partial charge is 0.348 e. The maximum absolute atomic E-state index is 10.3. The molecule has 2 amide bonds. The van der Waals surface area contributed by atoms with Crippen molar-refractivity contribution in [1.29, 1.82) is 0 Å².